The minimum atomic E-state index is -3.47. The van der Waals surface area contributed by atoms with E-state index in [4.69, 9.17) is 5.11 Å². The molecular formula is C16H23NO4S. The first kappa shape index (κ1) is 17.0. The van der Waals surface area contributed by atoms with Gasteiger partial charge in [0.1, 0.15) is 0 Å². The standard InChI is InChI=1S/C16H23NO4S/c1-13(16(18)19)12-22(20,21)17-9-7-15(8-10-17)11-14-5-3-2-4-6-14/h2-6,13,15H,7-12H2,1H3,(H,18,19)/t13-/m0/s1. The number of hydrogen-bond acceptors (Lipinski definition) is 3. The first-order valence-corrected chi connectivity index (χ1v) is 9.24. The van der Waals surface area contributed by atoms with Gasteiger partial charge in [0.2, 0.25) is 10.0 Å². The Hall–Kier alpha value is -1.40. The summed E-state index contributed by atoms with van der Waals surface area (Å²) < 4.78 is 25.9. The van der Waals surface area contributed by atoms with Gasteiger partial charge in [-0.3, -0.25) is 4.79 Å². The lowest BCUT2D eigenvalue weighted by Crippen LogP contribution is -2.41. The number of rotatable bonds is 6. The maximum Gasteiger partial charge on any atom is 0.307 e. The van der Waals surface area contributed by atoms with E-state index in [0.717, 1.165) is 19.3 Å². The maximum atomic E-state index is 12.2. The molecule has 1 atom stereocenters. The van der Waals surface area contributed by atoms with Gasteiger partial charge in [-0.25, -0.2) is 12.7 Å². The molecule has 1 N–H and O–H groups in total. The van der Waals surface area contributed by atoms with E-state index < -0.39 is 21.9 Å². The van der Waals surface area contributed by atoms with E-state index in [0.29, 0.717) is 19.0 Å². The third kappa shape index (κ3) is 4.55. The topological polar surface area (TPSA) is 74.7 Å². The number of sulfonamides is 1. The number of carbonyl (C=O) groups is 1. The Morgan fingerprint density at radius 1 is 1.27 bits per heavy atom. The van der Waals surface area contributed by atoms with Gasteiger partial charge in [-0.15, -0.1) is 0 Å². The van der Waals surface area contributed by atoms with Gasteiger partial charge in [-0.1, -0.05) is 37.3 Å². The molecule has 1 aromatic rings. The number of carboxylic acids is 1. The minimum Gasteiger partial charge on any atom is -0.481 e. The van der Waals surface area contributed by atoms with Crippen LogP contribution in [0.2, 0.25) is 0 Å². The number of benzene rings is 1. The molecular weight excluding hydrogens is 302 g/mol. The monoisotopic (exact) mass is 325 g/mol. The van der Waals surface area contributed by atoms with Crippen LogP contribution in [0.15, 0.2) is 30.3 Å². The quantitative estimate of drug-likeness (QED) is 0.868. The molecule has 22 heavy (non-hydrogen) atoms. The van der Waals surface area contributed by atoms with Crippen molar-refractivity contribution >= 4 is 16.0 Å². The number of nitrogens with zero attached hydrogens (tertiary/aromatic N) is 1. The highest BCUT2D eigenvalue weighted by atomic mass is 32.2. The van der Waals surface area contributed by atoms with Gasteiger partial charge in [0.15, 0.2) is 0 Å². The molecule has 1 aliphatic heterocycles. The van der Waals surface area contributed by atoms with Crippen LogP contribution in [0.25, 0.3) is 0 Å². The van der Waals surface area contributed by atoms with Crippen LogP contribution in [0.3, 0.4) is 0 Å². The van der Waals surface area contributed by atoms with Crippen molar-refractivity contribution in [1.29, 1.82) is 0 Å². The molecule has 0 aromatic heterocycles. The lowest BCUT2D eigenvalue weighted by Gasteiger charge is -2.31. The molecule has 1 saturated heterocycles. The van der Waals surface area contributed by atoms with Crippen molar-refractivity contribution in [2.75, 3.05) is 18.8 Å². The average molecular weight is 325 g/mol. The Balaban J connectivity index is 1.87. The largest absolute Gasteiger partial charge is 0.481 e. The van der Waals surface area contributed by atoms with Crippen LogP contribution in [0.5, 0.6) is 0 Å². The van der Waals surface area contributed by atoms with Crippen molar-refractivity contribution in [2.45, 2.75) is 26.2 Å². The molecule has 1 aliphatic rings. The van der Waals surface area contributed by atoms with Gasteiger partial charge < -0.3 is 5.11 Å². The maximum absolute atomic E-state index is 12.2. The van der Waals surface area contributed by atoms with Crippen LogP contribution in [0.1, 0.15) is 25.3 Å². The Morgan fingerprint density at radius 3 is 2.41 bits per heavy atom. The zero-order valence-corrected chi connectivity index (χ0v) is 13.6. The SMILES string of the molecule is C[C@@H](CS(=O)(=O)N1CCC(Cc2ccccc2)CC1)C(=O)O. The predicted molar refractivity (Wildman–Crippen MR) is 85.0 cm³/mol. The summed E-state index contributed by atoms with van der Waals surface area (Å²) in [5, 5.41) is 8.87. The third-order valence-electron chi connectivity index (χ3n) is 4.22. The van der Waals surface area contributed by atoms with Gasteiger partial charge in [0.05, 0.1) is 11.7 Å². The molecule has 0 unspecified atom stereocenters. The second-order valence-electron chi connectivity index (χ2n) is 6.05. The van der Waals surface area contributed by atoms with Crippen LogP contribution >= 0.6 is 0 Å². The van der Waals surface area contributed by atoms with Crippen LogP contribution in [-0.2, 0) is 21.2 Å². The van der Waals surface area contributed by atoms with E-state index >= 15 is 0 Å². The van der Waals surface area contributed by atoms with Crippen molar-refractivity contribution in [3.63, 3.8) is 0 Å². The van der Waals surface area contributed by atoms with Crippen molar-refractivity contribution < 1.29 is 18.3 Å². The molecule has 0 amide bonds. The highest BCUT2D eigenvalue weighted by Gasteiger charge is 2.30. The summed E-state index contributed by atoms with van der Waals surface area (Å²) in [6.45, 7) is 2.42. The lowest BCUT2D eigenvalue weighted by molar-refractivity contribution is -0.140. The summed E-state index contributed by atoms with van der Waals surface area (Å²) in [7, 11) is -3.47. The summed E-state index contributed by atoms with van der Waals surface area (Å²) in [4.78, 5) is 10.8. The summed E-state index contributed by atoms with van der Waals surface area (Å²) in [5.74, 6) is -1.76. The highest BCUT2D eigenvalue weighted by molar-refractivity contribution is 7.89. The number of carboxylic acid groups (broad SMARTS) is 1. The van der Waals surface area contributed by atoms with Crippen LogP contribution in [-0.4, -0.2) is 42.6 Å². The van der Waals surface area contributed by atoms with Gasteiger partial charge in [0.25, 0.3) is 0 Å². The zero-order chi connectivity index (χ0) is 16.2. The Labute approximate surface area is 132 Å². The van der Waals surface area contributed by atoms with Gasteiger partial charge in [-0.05, 0) is 30.7 Å². The molecule has 0 bridgehead atoms. The molecule has 0 saturated carbocycles. The van der Waals surface area contributed by atoms with E-state index in [2.05, 4.69) is 12.1 Å². The zero-order valence-electron chi connectivity index (χ0n) is 12.8. The van der Waals surface area contributed by atoms with E-state index in [1.165, 1.54) is 16.8 Å². The van der Waals surface area contributed by atoms with Gasteiger partial charge in [0, 0.05) is 13.1 Å². The van der Waals surface area contributed by atoms with Crippen molar-refractivity contribution in [3.05, 3.63) is 35.9 Å². The van der Waals surface area contributed by atoms with Gasteiger partial charge >= 0.3 is 5.97 Å². The summed E-state index contributed by atoms with van der Waals surface area (Å²) in [6, 6.07) is 10.2. The smallest absolute Gasteiger partial charge is 0.307 e. The second-order valence-corrected chi connectivity index (χ2v) is 8.06. The second kappa shape index (κ2) is 7.24. The van der Waals surface area contributed by atoms with Crippen molar-refractivity contribution in [2.24, 2.45) is 11.8 Å². The number of hydrogen-bond donors (Lipinski definition) is 1. The summed E-state index contributed by atoms with van der Waals surface area (Å²) >= 11 is 0. The Bertz CT molecular complexity index is 592. The van der Waals surface area contributed by atoms with Crippen LogP contribution < -0.4 is 0 Å². The van der Waals surface area contributed by atoms with Crippen LogP contribution in [0, 0.1) is 11.8 Å². The Kier molecular flexibility index (Phi) is 5.58. The molecule has 6 heteroatoms. The fourth-order valence-corrected chi connectivity index (χ4v) is 4.58. The molecule has 2 rings (SSSR count). The molecule has 5 nitrogen and oxygen atoms in total. The normalized spacial score (nSPS) is 19.0. The highest BCUT2D eigenvalue weighted by Crippen LogP contribution is 2.24. The fourth-order valence-electron chi connectivity index (χ4n) is 2.83. The lowest BCUT2D eigenvalue weighted by atomic mass is 9.91. The van der Waals surface area contributed by atoms with Gasteiger partial charge in [-0.2, -0.15) is 0 Å². The Morgan fingerprint density at radius 2 is 1.86 bits per heavy atom. The molecule has 0 radical (unpaired) electrons. The first-order chi connectivity index (χ1) is 10.4. The third-order valence-corrected chi connectivity index (χ3v) is 6.29. The van der Waals surface area contributed by atoms with Crippen LogP contribution in [0.4, 0.5) is 0 Å². The first-order valence-electron chi connectivity index (χ1n) is 7.63. The van der Waals surface area contributed by atoms with E-state index in [-0.39, 0.29) is 5.75 Å². The molecule has 1 heterocycles. The summed E-state index contributed by atoms with van der Waals surface area (Å²) in [6.07, 6.45) is 2.63. The summed E-state index contributed by atoms with van der Waals surface area (Å²) in [5.41, 5.74) is 1.28. The van der Waals surface area contributed by atoms with Crippen molar-refractivity contribution in [3.8, 4) is 0 Å². The molecule has 1 aromatic carbocycles. The number of piperidine rings is 1. The predicted octanol–water partition coefficient (Wildman–Crippen LogP) is 1.99. The molecule has 1 fully saturated rings. The molecule has 122 valence electrons. The molecule has 0 aliphatic carbocycles. The van der Waals surface area contributed by atoms with E-state index in [1.807, 2.05) is 18.2 Å². The van der Waals surface area contributed by atoms with E-state index in [9.17, 15) is 13.2 Å². The van der Waals surface area contributed by atoms with E-state index in [1.54, 1.807) is 0 Å². The minimum absolute atomic E-state index is 0.314. The van der Waals surface area contributed by atoms with Crippen molar-refractivity contribution in [1.82, 2.24) is 4.31 Å². The number of aliphatic carboxylic acids is 1. The fraction of sp³-hybridized carbons (Fsp3) is 0.562. The molecule has 0 spiro atoms. The average Bonchev–Trinajstić information content (AvgIpc) is 2.48.